The molecule has 2 aromatic heterocycles. The fraction of sp³-hybridized carbons (Fsp3) is 0.200. The summed E-state index contributed by atoms with van der Waals surface area (Å²) in [5.41, 5.74) is 5.00. The molecule has 0 atom stereocenters. The number of hydrogen-bond acceptors (Lipinski definition) is 3. The first-order chi connectivity index (χ1) is 9.69. The molecule has 20 heavy (non-hydrogen) atoms. The number of aromatic amines is 1. The summed E-state index contributed by atoms with van der Waals surface area (Å²) in [6.45, 7) is 2.59. The quantitative estimate of drug-likeness (QED) is 0.748. The van der Waals surface area contributed by atoms with E-state index in [2.05, 4.69) is 16.0 Å². The Labute approximate surface area is 122 Å². The molecule has 4 nitrogen and oxygen atoms in total. The number of fused-ring (bicyclic) bond motifs is 1. The third-order valence-electron chi connectivity index (χ3n) is 3.14. The SMILES string of the molecule is COCc1cccc(-n2c(=S)[nH]c3cc(C)cnc32)c1. The number of pyridine rings is 1. The zero-order valence-corrected chi connectivity index (χ0v) is 12.2. The van der Waals surface area contributed by atoms with E-state index in [0.29, 0.717) is 11.4 Å². The average Bonchev–Trinajstić information content (AvgIpc) is 2.74. The zero-order valence-electron chi connectivity index (χ0n) is 11.4. The van der Waals surface area contributed by atoms with Crippen LogP contribution in [0.15, 0.2) is 36.5 Å². The van der Waals surface area contributed by atoms with E-state index in [1.54, 1.807) is 7.11 Å². The van der Waals surface area contributed by atoms with E-state index in [1.807, 2.05) is 42.0 Å². The van der Waals surface area contributed by atoms with E-state index >= 15 is 0 Å². The topological polar surface area (TPSA) is 42.8 Å². The van der Waals surface area contributed by atoms with Crippen LogP contribution in [0.4, 0.5) is 0 Å². The van der Waals surface area contributed by atoms with Crippen LogP contribution < -0.4 is 0 Å². The Kier molecular flexibility index (Phi) is 3.38. The van der Waals surface area contributed by atoms with E-state index in [-0.39, 0.29) is 0 Å². The predicted molar refractivity (Wildman–Crippen MR) is 81.7 cm³/mol. The number of imidazole rings is 1. The Morgan fingerprint density at radius 2 is 2.20 bits per heavy atom. The van der Waals surface area contributed by atoms with Crippen LogP contribution in [0.5, 0.6) is 0 Å². The number of nitrogens with one attached hydrogen (secondary N) is 1. The van der Waals surface area contributed by atoms with Crippen molar-refractivity contribution in [1.29, 1.82) is 0 Å². The van der Waals surface area contributed by atoms with Crippen LogP contribution in [-0.4, -0.2) is 21.6 Å². The number of H-pyrrole nitrogens is 1. The van der Waals surface area contributed by atoms with Gasteiger partial charge in [0.2, 0.25) is 0 Å². The Morgan fingerprint density at radius 3 is 3.00 bits per heavy atom. The molecule has 3 aromatic rings. The van der Waals surface area contributed by atoms with Gasteiger partial charge < -0.3 is 9.72 Å². The van der Waals surface area contributed by atoms with Crippen molar-refractivity contribution in [2.45, 2.75) is 13.5 Å². The van der Waals surface area contributed by atoms with Gasteiger partial charge in [-0.3, -0.25) is 4.57 Å². The lowest BCUT2D eigenvalue weighted by atomic mass is 10.2. The lowest BCUT2D eigenvalue weighted by Crippen LogP contribution is -1.97. The minimum Gasteiger partial charge on any atom is -0.380 e. The molecule has 0 aliphatic rings. The van der Waals surface area contributed by atoms with Crippen molar-refractivity contribution in [2.75, 3.05) is 7.11 Å². The minimum absolute atomic E-state index is 0.579. The first-order valence-electron chi connectivity index (χ1n) is 6.34. The first-order valence-corrected chi connectivity index (χ1v) is 6.75. The fourth-order valence-corrected chi connectivity index (χ4v) is 2.59. The molecule has 0 spiro atoms. The number of aromatic nitrogens is 3. The monoisotopic (exact) mass is 285 g/mol. The van der Waals surface area contributed by atoms with Crippen molar-refractivity contribution < 1.29 is 4.74 Å². The lowest BCUT2D eigenvalue weighted by Gasteiger charge is -2.06. The molecule has 102 valence electrons. The summed E-state index contributed by atoms with van der Waals surface area (Å²) in [6, 6.07) is 10.2. The summed E-state index contributed by atoms with van der Waals surface area (Å²) >= 11 is 5.42. The summed E-state index contributed by atoms with van der Waals surface area (Å²) in [4.78, 5) is 7.69. The number of methoxy groups -OCH3 is 1. The number of hydrogen-bond donors (Lipinski definition) is 1. The maximum absolute atomic E-state index is 5.42. The second-order valence-corrected chi connectivity index (χ2v) is 5.14. The van der Waals surface area contributed by atoms with Gasteiger partial charge >= 0.3 is 0 Å². The van der Waals surface area contributed by atoms with Crippen molar-refractivity contribution in [1.82, 2.24) is 14.5 Å². The molecule has 0 bridgehead atoms. The summed E-state index contributed by atoms with van der Waals surface area (Å²) in [6.07, 6.45) is 1.85. The molecule has 0 fully saturated rings. The summed E-state index contributed by atoms with van der Waals surface area (Å²) in [7, 11) is 1.69. The highest BCUT2D eigenvalue weighted by Gasteiger charge is 2.08. The Bertz CT molecular complexity index is 819. The number of benzene rings is 1. The Hall–Kier alpha value is -1.98. The molecule has 0 aliphatic carbocycles. The molecule has 2 heterocycles. The molecule has 0 aliphatic heterocycles. The van der Waals surface area contributed by atoms with Gasteiger partial charge in [-0.15, -0.1) is 0 Å². The number of rotatable bonds is 3. The highest BCUT2D eigenvalue weighted by atomic mass is 32.1. The normalized spacial score (nSPS) is 11.1. The minimum atomic E-state index is 0.579. The fourth-order valence-electron chi connectivity index (χ4n) is 2.29. The van der Waals surface area contributed by atoms with Crippen molar-refractivity contribution in [3.05, 3.63) is 52.4 Å². The molecule has 0 saturated heterocycles. The second kappa shape index (κ2) is 5.19. The predicted octanol–water partition coefficient (Wildman–Crippen LogP) is 3.54. The molecular weight excluding hydrogens is 270 g/mol. The summed E-state index contributed by atoms with van der Waals surface area (Å²) < 4.78 is 7.77. The molecular formula is C15H15N3OS. The van der Waals surface area contributed by atoms with E-state index in [9.17, 15) is 0 Å². The van der Waals surface area contributed by atoms with E-state index in [4.69, 9.17) is 17.0 Å². The standard InChI is InChI=1S/C15H15N3OS/c1-10-6-13-14(16-8-10)18(15(20)17-13)12-5-3-4-11(7-12)9-19-2/h3-8H,9H2,1-2H3,(H,17,20). The first kappa shape index (κ1) is 13.0. The van der Waals surface area contributed by atoms with Gasteiger partial charge in [-0.25, -0.2) is 4.98 Å². The van der Waals surface area contributed by atoms with Gasteiger partial charge in [-0.2, -0.15) is 0 Å². The Morgan fingerprint density at radius 1 is 1.35 bits per heavy atom. The number of ether oxygens (including phenoxy) is 1. The van der Waals surface area contributed by atoms with Gasteiger partial charge in [0.25, 0.3) is 0 Å². The summed E-state index contributed by atoms with van der Waals surface area (Å²) in [5.74, 6) is 0. The van der Waals surface area contributed by atoms with Crippen LogP contribution in [0.1, 0.15) is 11.1 Å². The van der Waals surface area contributed by atoms with Crippen LogP contribution in [0.2, 0.25) is 0 Å². The van der Waals surface area contributed by atoms with E-state index < -0.39 is 0 Å². The van der Waals surface area contributed by atoms with Crippen molar-refractivity contribution >= 4 is 23.4 Å². The number of nitrogens with zero attached hydrogens (tertiary/aromatic N) is 2. The third kappa shape index (κ3) is 2.26. The third-order valence-corrected chi connectivity index (χ3v) is 3.42. The molecule has 1 N–H and O–H groups in total. The second-order valence-electron chi connectivity index (χ2n) is 4.75. The van der Waals surface area contributed by atoms with Crippen LogP contribution in [-0.2, 0) is 11.3 Å². The number of aryl methyl sites for hydroxylation is 1. The largest absolute Gasteiger partial charge is 0.380 e. The maximum Gasteiger partial charge on any atom is 0.183 e. The van der Waals surface area contributed by atoms with Gasteiger partial charge in [0.1, 0.15) is 0 Å². The van der Waals surface area contributed by atoms with Crippen LogP contribution in [0, 0.1) is 11.7 Å². The van der Waals surface area contributed by atoms with Crippen molar-refractivity contribution in [3.63, 3.8) is 0 Å². The smallest absolute Gasteiger partial charge is 0.183 e. The van der Waals surface area contributed by atoms with Gasteiger partial charge in [-0.05, 0) is 48.5 Å². The van der Waals surface area contributed by atoms with Gasteiger partial charge in [0.15, 0.2) is 10.4 Å². The zero-order chi connectivity index (χ0) is 14.1. The van der Waals surface area contributed by atoms with Crippen molar-refractivity contribution in [2.24, 2.45) is 0 Å². The van der Waals surface area contributed by atoms with Gasteiger partial charge in [0, 0.05) is 13.3 Å². The molecule has 0 unspecified atom stereocenters. The van der Waals surface area contributed by atoms with Gasteiger partial charge in [-0.1, -0.05) is 12.1 Å². The lowest BCUT2D eigenvalue weighted by molar-refractivity contribution is 0.185. The Balaban J connectivity index is 2.21. The molecule has 0 saturated carbocycles. The molecule has 1 aromatic carbocycles. The average molecular weight is 285 g/mol. The molecule has 3 rings (SSSR count). The van der Waals surface area contributed by atoms with Crippen molar-refractivity contribution in [3.8, 4) is 5.69 Å². The van der Waals surface area contributed by atoms with Crippen LogP contribution >= 0.6 is 12.2 Å². The van der Waals surface area contributed by atoms with E-state index in [0.717, 1.165) is 28.0 Å². The van der Waals surface area contributed by atoms with Gasteiger partial charge in [0.05, 0.1) is 17.8 Å². The summed E-state index contributed by atoms with van der Waals surface area (Å²) in [5, 5.41) is 0. The highest BCUT2D eigenvalue weighted by Crippen LogP contribution is 2.19. The molecule has 0 radical (unpaired) electrons. The van der Waals surface area contributed by atoms with Crippen LogP contribution in [0.25, 0.3) is 16.9 Å². The maximum atomic E-state index is 5.42. The highest BCUT2D eigenvalue weighted by molar-refractivity contribution is 7.71. The molecule has 0 amide bonds. The molecule has 5 heteroatoms. The van der Waals surface area contributed by atoms with Crippen LogP contribution in [0.3, 0.4) is 0 Å². The van der Waals surface area contributed by atoms with E-state index in [1.165, 1.54) is 0 Å².